The number of aromatic nitrogens is 1. The molecule has 0 aliphatic carbocycles. The van der Waals surface area contributed by atoms with Gasteiger partial charge in [-0.25, -0.2) is 4.98 Å². The van der Waals surface area contributed by atoms with Crippen molar-refractivity contribution < 1.29 is 4.79 Å². The predicted octanol–water partition coefficient (Wildman–Crippen LogP) is 2.29. The Kier molecular flexibility index (Phi) is 6.05. The number of rotatable bonds is 5. The Morgan fingerprint density at radius 1 is 1.40 bits per heavy atom. The van der Waals surface area contributed by atoms with Crippen molar-refractivity contribution in [1.29, 1.82) is 0 Å². The fourth-order valence-electron chi connectivity index (χ4n) is 1.41. The molecule has 0 unspecified atom stereocenters. The summed E-state index contributed by atoms with van der Waals surface area (Å²) in [5.41, 5.74) is 5.58. The summed E-state index contributed by atoms with van der Waals surface area (Å²) >= 11 is 11.7. The number of pyridine rings is 1. The Balaban J connectivity index is 2.37. The molecule has 0 bridgehead atoms. The summed E-state index contributed by atoms with van der Waals surface area (Å²) in [4.78, 5) is 15.8. The van der Waals surface area contributed by atoms with Crippen LogP contribution in [0.3, 0.4) is 0 Å². The van der Waals surface area contributed by atoms with Crippen molar-refractivity contribution in [2.75, 3.05) is 18.4 Å². The van der Waals surface area contributed by atoms with E-state index in [-0.39, 0.29) is 11.3 Å². The van der Waals surface area contributed by atoms with Crippen LogP contribution in [0.5, 0.6) is 0 Å². The molecule has 0 aromatic carbocycles. The molecule has 0 aliphatic rings. The lowest BCUT2D eigenvalue weighted by molar-refractivity contribution is -0.124. The Labute approximate surface area is 129 Å². The Bertz CT molecular complexity index is 474. The second kappa shape index (κ2) is 7.11. The van der Waals surface area contributed by atoms with Crippen LogP contribution in [0, 0.1) is 5.41 Å². The van der Waals surface area contributed by atoms with Crippen molar-refractivity contribution in [3.05, 3.63) is 22.3 Å². The predicted molar refractivity (Wildman–Crippen MR) is 83.2 cm³/mol. The smallest absolute Gasteiger partial charge is 0.237 e. The van der Waals surface area contributed by atoms with Crippen molar-refractivity contribution in [1.82, 2.24) is 10.3 Å². The molecule has 1 atom stereocenters. The number of nitrogens with one attached hydrogen (secondary N) is 2. The van der Waals surface area contributed by atoms with Gasteiger partial charge in [0.15, 0.2) is 0 Å². The minimum absolute atomic E-state index is 0.172. The fraction of sp³-hybridized carbons (Fsp3) is 0.538. The van der Waals surface area contributed by atoms with E-state index in [1.165, 1.54) is 6.20 Å². The van der Waals surface area contributed by atoms with Gasteiger partial charge in [0, 0.05) is 19.3 Å². The average molecular weight is 319 g/mol. The van der Waals surface area contributed by atoms with Crippen LogP contribution in [-0.4, -0.2) is 30.0 Å². The van der Waals surface area contributed by atoms with Crippen molar-refractivity contribution in [3.63, 3.8) is 0 Å². The molecule has 20 heavy (non-hydrogen) atoms. The van der Waals surface area contributed by atoms with Gasteiger partial charge in [-0.15, -0.1) is 0 Å². The van der Waals surface area contributed by atoms with Crippen LogP contribution < -0.4 is 16.4 Å². The number of nitrogens with two attached hydrogens (primary N) is 1. The molecule has 0 saturated heterocycles. The first-order valence-electron chi connectivity index (χ1n) is 6.30. The SMILES string of the molecule is CC(C)(C)[C@H](N)C(=O)NCCNc1ncc(Cl)cc1Cl. The van der Waals surface area contributed by atoms with Gasteiger partial charge in [0.1, 0.15) is 5.82 Å². The first-order chi connectivity index (χ1) is 9.21. The number of hydrogen-bond acceptors (Lipinski definition) is 4. The molecule has 112 valence electrons. The molecule has 1 rings (SSSR count). The summed E-state index contributed by atoms with van der Waals surface area (Å²) in [5.74, 6) is 0.361. The Morgan fingerprint density at radius 3 is 2.60 bits per heavy atom. The van der Waals surface area contributed by atoms with Crippen molar-refractivity contribution in [3.8, 4) is 0 Å². The third-order valence-electron chi connectivity index (χ3n) is 2.74. The molecule has 0 spiro atoms. The number of halogens is 2. The lowest BCUT2D eigenvalue weighted by Gasteiger charge is -2.25. The maximum atomic E-state index is 11.8. The fourth-order valence-corrected chi connectivity index (χ4v) is 1.86. The largest absolute Gasteiger partial charge is 0.367 e. The molecule has 5 nitrogen and oxygen atoms in total. The number of nitrogens with zero attached hydrogens (tertiary/aromatic N) is 1. The van der Waals surface area contributed by atoms with Crippen LogP contribution in [-0.2, 0) is 4.79 Å². The van der Waals surface area contributed by atoms with Gasteiger partial charge in [-0.3, -0.25) is 4.79 Å². The van der Waals surface area contributed by atoms with E-state index in [4.69, 9.17) is 28.9 Å². The van der Waals surface area contributed by atoms with Gasteiger partial charge in [-0.2, -0.15) is 0 Å². The lowest BCUT2D eigenvalue weighted by Crippen LogP contribution is -2.49. The standard InChI is InChI=1S/C13H20Cl2N4O/c1-13(2,3)10(16)12(20)18-5-4-17-11-9(15)6-8(14)7-19-11/h6-7,10H,4-5,16H2,1-3H3,(H,17,19)(H,18,20)/t10-/m1/s1. The van der Waals surface area contributed by atoms with Crippen LogP contribution in [0.4, 0.5) is 5.82 Å². The number of anilines is 1. The summed E-state index contributed by atoms with van der Waals surface area (Å²) in [6.45, 7) is 6.70. The summed E-state index contributed by atoms with van der Waals surface area (Å²) in [6.07, 6.45) is 1.50. The summed E-state index contributed by atoms with van der Waals surface area (Å²) in [6, 6.07) is 1.06. The highest BCUT2D eigenvalue weighted by Crippen LogP contribution is 2.22. The summed E-state index contributed by atoms with van der Waals surface area (Å²) in [7, 11) is 0. The molecule has 4 N–H and O–H groups in total. The molecular weight excluding hydrogens is 299 g/mol. The molecule has 1 heterocycles. The first kappa shape index (κ1) is 17.0. The maximum absolute atomic E-state index is 11.8. The second-order valence-corrected chi connectivity index (χ2v) is 6.39. The van der Waals surface area contributed by atoms with Gasteiger partial charge < -0.3 is 16.4 Å². The van der Waals surface area contributed by atoms with Gasteiger partial charge in [0.2, 0.25) is 5.91 Å². The zero-order valence-corrected chi connectivity index (χ0v) is 13.3. The van der Waals surface area contributed by atoms with Gasteiger partial charge in [-0.1, -0.05) is 44.0 Å². The third kappa shape index (κ3) is 5.15. The number of carbonyl (C=O) groups excluding carboxylic acids is 1. The normalized spacial score (nSPS) is 12.9. The quantitative estimate of drug-likeness (QED) is 0.728. The van der Waals surface area contributed by atoms with Crippen LogP contribution in [0.25, 0.3) is 0 Å². The molecule has 0 aliphatic heterocycles. The number of hydrogen-bond donors (Lipinski definition) is 3. The van der Waals surface area contributed by atoms with Gasteiger partial charge in [0.05, 0.1) is 16.1 Å². The number of amides is 1. The van der Waals surface area contributed by atoms with E-state index in [2.05, 4.69) is 15.6 Å². The highest BCUT2D eigenvalue weighted by molar-refractivity contribution is 6.35. The molecule has 0 fully saturated rings. The lowest BCUT2D eigenvalue weighted by atomic mass is 9.87. The van der Waals surface area contributed by atoms with E-state index in [0.717, 1.165) is 0 Å². The molecular formula is C13H20Cl2N4O. The molecule has 1 aromatic rings. The van der Waals surface area contributed by atoms with E-state index in [1.807, 2.05) is 20.8 Å². The molecule has 1 amide bonds. The van der Waals surface area contributed by atoms with E-state index in [0.29, 0.717) is 29.0 Å². The van der Waals surface area contributed by atoms with E-state index < -0.39 is 6.04 Å². The molecule has 1 aromatic heterocycles. The van der Waals surface area contributed by atoms with Gasteiger partial charge >= 0.3 is 0 Å². The Hall–Kier alpha value is -1.04. The van der Waals surface area contributed by atoms with Crippen LogP contribution in [0.2, 0.25) is 10.0 Å². The van der Waals surface area contributed by atoms with Crippen LogP contribution in [0.1, 0.15) is 20.8 Å². The van der Waals surface area contributed by atoms with Gasteiger partial charge in [0.25, 0.3) is 0 Å². The first-order valence-corrected chi connectivity index (χ1v) is 7.05. The average Bonchev–Trinajstić information content (AvgIpc) is 2.34. The van der Waals surface area contributed by atoms with Crippen molar-refractivity contribution in [2.24, 2.45) is 11.1 Å². The summed E-state index contributed by atoms with van der Waals surface area (Å²) < 4.78 is 0. The Morgan fingerprint density at radius 2 is 2.05 bits per heavy atom. The van der Waals surface area contributed by atoms with Crippen molar-refractivity contribution >= 4 is 34.9 Å². The minimum Gasteiger partial charge on any atom is -0.367 e. The maximum Gasteiger partial charge on any atom is 0.237 e. The highest BCUT2D eigenvalue weighted by Gasteiger charge is 2.26. The topological polar surface area (TPSA) is 80.0 Å². The third-order valence-corrected chi connectivity index (χ3v) is 3.23. The summed E-state index contributed by atoms with van der Waals surface area (Å²) in [5, 5.41) is 6.70. The van der Waals surface area contributed by atoms with Crippen LogP contribution in [0.15, 0.2) is 12.3 Å². The molecule has 7 heteroatoms. The molecule has 0 saturated carbocycles. The van der Waals surface area contributed by atoms with Crippen LogP contribution >= 0.6 is 23.2 Å². The minimum atomic E-state index is -0.542. The zero-order valence-electron chi connectivity index (χ0n) is 11.8. The van der Waals surface area contributed by atoms with E-state index in [9.17, 15) is 4.79 Å². The second-order valence-electron chi connectivity index (χ2n) is 5.55. The van der Waals surface area contributed by atoms with Gasteiger partial charge in [-0.05, 0) is 11.5 Å². The highest BCUT2D eigenvalue weighted by atomic mass is 35.5. The van der Waals surface area contributed by atoms with E-state index in [1.54, 1.807) is 6.07 Å². The monoisotopic (exact) mass is 318 g/mol. The molecule has 0 radical (unpaired) electrons. The number of carbonyl (C=O) groups is 1. The zero-order chi connectivity index (χ0) is 15.3. The van der Waals surface area contributed by atoms with Crippen molar-refractivity contribution in [2.45, 2.75) is 26.8 Å². The van der Waals surface area contributed by atoms with E-state index >= 15 is 0 Å².